The SMILES string of the molecule is Nc1ncnc2c1ncn2[C@@H]1O[C@H](CNS(=O)(=O)CC(=O)c2ccccc2O)[C@H](O)C1O. The fourth-order valence-corrected chi connectivity index (χ4v) is 4.42. The summed E-state index contributed by atoms with van der Waals surface area (Å²) in [5, 5.41) is 30.5. The molecule has 4 rings (SSSR count). The Morgan fingerprint density at radius 2 is 1.94 bits per heavy atom. The Bertz CT molecular complexity index is 1260. The Hall–Kier alpha value is -3.17. The molecule has 1 aliphatic rings. The Morgan fingerprint density at radius 1 is 1.19 bits per heavy atom. The number of rotatable bonds is 7. The molecule has 3 aromatic rings. The molecule has 0 spiro atoms. The number of Topliss-reactive ketones (excluding diaryl/α,β-unsaturated/α-hetero) is 1. The van der Waals surface area contributed by atoms with Gasteiger partial charge in [-0.2, -0.15) is 0 Å². The lowest BCUT2D eigenvalue weighted by Crippen LogP contribution is -2.41. The number of hydrogen-bond donors (Lipinski definition) is 5. The minimum absolute atomic E-state index is 0.125. The number of anilines is 1. The Morgan fingerprint density at radius 3 is 2.69 bits per heavy atom. The Kier molecular flexibility index (Phi) is 5.79. The summed E-state index contributed by atoms with van der Waals surface area (Å²) < 4.78 is 33.9. The van der Waals surface area contributed by atoms with Gasteiger partial charge in [0.2, 0.25) is 10.0 Å². The Labute approximate surface area is 181 Å². The maximum atomic E-state index is 12.3. The standard InChI is InChI=1S/C18H20N6O7S/c19-16-13-17(21-7-20-16)24(8-22-13)18-15(28)14(27)12(31-18)5-23-32(29,30)6-11(26)9-3-1-2-4-10(9)25/h1-4,7-8,12,14-15,18,23,25,27-28H,5-6H2,(H2,19,20,21)/t12-,14+,15?,18-/m1/s1. The van der Waals surface area contributed by atoms with Crippen LogP contribution < -0.4 is 10.5 Å². The van der Waals surface area contributed by atoms with Crippen LogP contribution >= 0.6 is 0 Å². The molecule has 4 atom stereocenters. The van der Waals surface area contributed by atoms with Crippen molar-refractivity contribution < 1.29 is 33.3 Å². The van der Waals surface area contributed by atoms with Crippen molar-refractivity contribution in [2.75, 3.05) is 18.0 Å². The monoisotopic (exact) mass is 464 g/mol. The van der Waals surface area contributed by atoms with Gasteiger partial charge in [0.1, 0.15) is 41.7 Å². The number of phenolic OH excluding ortho intramolecular Hbond substituents is 1. The van der Waals surface area contributed by atoms with Crippen molar-refractivity contribution in [1.29, 1.82) is 0 Å². The number of carbonyl (C=O) groups is 1. The molecule has 2 aromatic heterocycles. The van der Waals surface area contributed by atoms with Crippen molar-refractivity contribution >= 4 is 32.8 Å². The van der Waals surface area contributed by atoms with Crippen LogP contribution in [0, 0.1) is 0 Å². The second-order valence-corrected chi connectivity index (χ2v) is 8.98. The highest BCUT2D eigenvalue weighted by Crippen LogP contribution is 2.31. The van der Waals surface area contributed by atoms with Crippen molar-refractivity contribution in [1.82, 2.24) is 24.2 Å². The zero-order valence-electron chi connectivity index (χ0n) is 16.4. The number of fused-ring (bicyclic) bond motifs is 1. The van der Waals surface area contributed by atoms with E-state index in [2.05, 4.69) is 19.7 Å². The first-order chi connectivity index (χ1) is 15.2. The van der Waals surface area contributed by atoms with Gasteiger partial charge in [-0.05, 0) is 12.1 Å². The summed E-state index contributed by atoms with van der Waals surface area (Å²) in [6, 6.07) is 5.58. The second-order valence-electron chi connectivity index (χ2n) is 7.18. The third-order valence-corrected chi connectivity index (χ3v) is 6.28. The molecule has 0 bridgehead atoms. The van der Waals surface area contributed by atoms with Gasteiger partial charge in [-0.1, -0.05) is 12.1 Å². The van der Waals surface area contributed by atoms with Gasteiger partial charge in [-0.3, -0.25) is 9.36 Å². The van der Waals surface area contributed by atoms with Gasteiger partial charge in [0.15, 0.2) is 23.5 Å². The number of para-hydroxylation sites is 1. The molecule has 3 heterocycles. The van der Waals surface area contributed by atoms with Crippen molar-refractivity contribution in [2.45, 2.75) is 24.5 Å². The smallest absolute Gasteiger partial charge is 0.219 e. The fourth-order valence-electron chi connectivity index (χ4n) is 3.40. The number of aromatic nitrogens is 4. The molecule has 1 aliphatic heterocycles. The van der Waals surface area contributed by atoms with Crippen LogP contribution in [-0.4, -0.2) is 79.6 Å². The largest absolute Gasteiger partial charge is 0.507 e. The number of nitrogens with zero attached hydrogens (tertiary/aromatic N) is 4. The molecule has 6 N–H and O–H groups in total. The summed E-state index contributed by atoms with van der Waals surface area (Å²) >= 11 is 0. The van der Waals surface area contributed by atoms with Crippen LogP contribution in [-0.2, 0) is 14.8 Å². The highest BCUT2D eigenvalue weighted by Gasteiger charge is 2.44. The number of imidazole rings is 1. The molecule has 1 fully saturated rings. The number of nitrogen functional groups attached to an aromatic ring is 1. The number of sulfonamides is 1. The Balaban J connectivity index is 1.44. The highest BCUT2D eigenvalue weighted by atomic mass is 32.2. The number of nitrogens with one attached hydrogen (secondary N) is 1. The van der Waals surface area contributed by atoms with E-state index in [1.807, 2.05) is 0 Å². The third-order valence-electron chi connectivity index (χ3n) is 5.03. The summed E-state index contributed by atoms with van der Waals surface area (Å²) in [4.78, 5) is 24.2. The van der Waals surface area contributed by atoms with Crippen LogP contribution in [0.2, 0.25) is 0 Å². The first kappa shape index (κ1) is 22.0. The van der Waals surface area contributed by atoms with Crippen molar-refractivity contribution in [2.24, 2.45) is 0 Å². The molecule has 0 amide bonds. The summed E-state index contributed by atoms with van der Waals surface area (Å²) in [6.07, 6.45) is -2.56. The quantitative estimate of drug-likeness (QED) is 0.256. The van der Waals surface area contributed by atoms with Gasteiger partial charge in [-0.25, -0.2) is 28.1 Å². The number of aliphatic hydroxyl groups is 2. The van der Waals surface area contributed by atoms with E-state index in [9.17, 15) is 28.5 Å². The van der Waals surface area contributed by atoms with Crippen LogP contribution in [0.3, 0.4) is 0 Å². The van der Waals surface area contributed by atoms with Crippen LogP contribution in [0.1, 0.15) is 16.6 Å². The topological polar surface area (TPSA) is 203 Å². The van der Waals surface area contributed by atoms with Gasteiger partial charge >= 0.3 is 0 Å². The number of hydrogen-bond acceptors (Lipinski definition) is 11. The van der Waals surface area contributed by atoms with Crippen LogP contribution in [0.15, 0.2) is 36.9 Å². The average Bonchev–Trinajstić information content (AvgIpc) is 3.29. The summed E-state index contributed by atoms with van der Waals surface area (Å²) in [5.41, 5.74) is 6.17. The van der Waals surface area contributed by atoms with Crippen molar-refractivity contribution in [3.05, 3.63) is 42.5 Å². The lowest BCUT2D eigenvalue weighted by atomic mass is 10.1. The number of benzene rings is 1. The van der Waals surface area contributed by atoms with E-state index >= 15 is 0 Å². The summed E-state index contributed by atoms with van der Waals surface area (Å²) in [5.74, 6) is -1.92. The molecular weight excluding hydrogens is 444 g/mol. The van der Waals surface area contributed by atoms with Gasteiger partial charge in [0.25, 0.3) is 0 Å². The molecule has 0 aliphatic carbocycles. The maximum Gasteiger partial charge on any atom is 0.219 e. The average molecular weight is 464 g/mol. The number of carbonyl (C=O) groups excluding carboxylic acids is 1. The van der Waals surface area contributed by atoms with Gasteiger partial charge in [-0.15, -0.1) is 0 Å². The molecule has 170 valence electrons. The molecule has 0 saturated carbocycles. The zero-order valence-corrected chi connectivity index (χ0v) is 17.3. The van der Waals surface area contributed by atoms with Crippen molar-refractivity contribution in [3.8, 4) is 5.75 Å². The van der Waals surface area contributed by atoms with Gasteiger partial charge < -0.3 is 25.8 Å². The van der Waals surface area contributed by atoms with E-state index in [1.165, 1.54) is 41.5 Å². The number of aliphatic hydroxyl groups excluding tert-OH is 2. The second kappa shape index (κ2) is 8.40. The third kappa shape index (κ3) is 4.13. The maximum absolute atomic E-state index is 12.3. The minimum Gasteiger partial charge on any atom is -0.507 e. The first-order valence-corrected chi connectivity index (χ1v) is 11.1. The molecule has 0 radical (unpaired) electrons. The number of aromatic hydroxyl groups is 1. The number of ether oxygens (including phenoxy) is 1. The number of nitrogens with two attached hydrogens (primary N) is 1. The van der Waals surface area contributed by atoms with Crippen LogP contribution in [0.5, 0.6) is 5.75 Å². The van der Waals surface area contributed by atoms with E-state index in [4.69, 9.17) is 10.5 Å². The van der Waals surface area contributed by atoms with E-state index in [0.29, 0.717) is 0 Å². The van der Waals surface area contributed by atoms with Crippen LogP contribution in [0.25, 0.3) is 11.2 Å². The molecule has 1 aromatic carbocycles. The lowest BCUT2D eigenvalue weighted by Gasteiger charge is -2.16. The predicted octanol–water partition coefficient (Wildman–Crippen LogP) is -1.46. The van der Waals surface area contributed by atoms with E-state index < -0.39 is 52.6 Å². The fraction of sp³-hybridized carbons (Fsp3) is 0.333. The molecule has 1 saturated heterocycles. The van der Waals surface area contributed by atoms with Gasteiger partial charge in [0.05, 0.1) is 11.9 Å². The molecule has 14 heteroatoms. The minimum atomic E-state index is -4.13. The normalized spacial score (nSPS) is 23.6. The molecule has 1 unspecified atom stereocenters. The highest BCUT2D eigenvalue weighted by molar-refractivity contribution is 7.90. The van der Waals surface area contributed by atoms with E-state index in [0.717, 1.165) is 0 Å². The first-order valence-electron chi connectivity index (χ1n) is 9.41. The zero-order chi connectivity index (χ0) is 23.0. The summed E-state index contributed by atoms with van der Waals surface area (Å²) in [6.45, 7) is -0.408. The molecular formula is C18H20N6O7S. The number of phenols is 1. The van der Waals surface area contributed by atoms with E-state index in [1.54, 1.807) is 0 Å². The molecule has 13 nitrogen and oxygen atoms in total. The van der Waals surface area contributed by atoms with Gasteiger partial charge in [0, 0.05) is 6.54 Å². The number of ketones is 1. The lowest BCUT2D eigenvalue weighted by molar-refractivity contribution is -0.0330. The molecule has 32 heavy (non-hydrogen) atoms. The van der Waals surface area contributed by atoms with E-state index in [-0.39, 0.29) is 28.3 Å². The van der Waals surface area contributed by atoms with Crippen LogP contribution in [0.4, 0.5) is 5.82 Å². The summed E-state index contributed by atoms with van der Waals surface area (Å²) in [7, 11) is -4.13. The predicted molar refractivity (Wildman–Crippen MR) is 110 cm³/mol. The van der Waals surface area contributed by atoms with Crippen molar-refractivity contribution in [3.63, 3.8) is 0 Å².